The highest BCUT2D eigenvalue weighted by Gasteiger charge is 2.24. The van der Waals surface area contributed by atoms with Crippen LogP contribution < -0.4 is 4.73 Å². The van der Waals surface area contributed by atoms with Crippen LogP contribution in [0.4, 0.5) is 9.18 Å². The molecule has 0 fully saturated rings. The largest absolute Gasteiger partial charge is 0.619 e. The van der Waals surface area contributed by atoms with Crippen LogP contribution in [0, 0.1) is 5.21 Å². The van der Waals surface area contributed by atoms with Gasteiger partial charge in [-0.1, -0.05) is 23.7 Å². The number of halogens is 2. The van der Waals surface area contributed by atoms with Gasteiger partial charge in [0.15, 0.2) is 12.4 Å². The molecule has 1 heterocycles. The average molecular weight is 395 g/mol. The first-order valence-corrected chi connectivity index (χ1v) is 9.00. The Morgan fingerprint density at radius 2 is 2.15 bits per heavy atom. The van der Waals surface area contributed by atoms with Gasteiger partial charge in [0.2, 0.25) is 0 Å². The molecule has 0 aliphatic heterocycles. The van der Waals surface area contributed by atoms with Gasteiger partial charge in [0.05, 0.1) is 6.54 Å². The Kier molecular flexibility index (Phi) is 6.65. The van der Waals surface area contributed by atoms with Gasteiger partial charge in [-0.2, -0.15) is 4.73 Å². The number of amides is 1. The molecule has 0 saturated heterocycles. The van der Waals surface area contributed by atoms with Crippen LogP contribution in [0.15, 0.2) is 43.2 Å². The van der Waals surface area contributed by atoms with E-state index in [4.69, 9.17) is 16.3 Å². The molecule has 1 unspecified atom stereocenters. The molecule has 2 aromatic rings. The molecule has 0 bridgehead atoms. The van der Waals surface area contributed by atoms with Crippen LogP contribution in [0.3, 0.4) is 0 Å². The van der Waals surface area contributed by atoms with Gasteiger partial charge in [-0.25, -0.2) is 9.18 Å². The normalized spacial score (nSPS) is 12.6. The van der Waals surface area contributed by atoms with Crippen molar-refractivity contribution >= 4 is 28.5 Å². The zero-order valence-corrected chi connectivity index (χ0v) is 16.5. The molecule has 0 aliphatic carbocycles. The average Bonchev–Trinajstić information content (AvgIpc) is 2.52. The van der Waals surface area contributed by atoms with Crippen LogP contribution in [0.1, 0.15) is 26.3 Å². The van der Waals surface area contributed by atoms with E-state index in [0.29, 0.717) is 20.7 Å². The molecule has 0 radical (unpaired) electrons. The van der Waals surface area contributed by atoms with Crippen LogP contribution in [0.2, 0.25) is 5.02 Å². The van der Waals surface area contributed by atoms with Crippen LogP contribution >= 0.6 is 11.6 Å². The molecule has 0 N–H and O–H groups in total. The fourth-order valence-electron chi connectivity index (χ4n) is 2.74. The minimum atomic E-state index is -1.38. The number of hydrogen-bond donors (Lipinski definition) is 0. The summed E-state index contributed by atoms with van der Waals surface area (Å²) in [4.78, 5) is 13.5. The Morgan fingerprint density at radius 3 is 2.78 bits per heavy atom. The zero-order chi connectivity index (χ0) is 20.2. The van der Waals surface area contributed by atoms with Gasteiger partial charge in [-0.05, 0) is 38.3 Å². The van der Waals surface area contributed by atoms with E-state index in [1.807, 2.05) is 0 Å². The summed E-state index contributed by atoms with van der Waals surface area (Å²) in [5.41, 5.74) is -0.125. The number of alkyl halides is 1. The second-order valence-corrected chi connectivity index (χ2v) is 7.79. The summed E-state index contributed by atoms with van der Waals surface area (Å²) in [6.07, 6.45) is 2.25. The summed E-state index contributed by atoms with van der Waals surface area (Å²) < 4.78 is 20.7. The lowest BCUT2D eigenvalue weighted by molar-refractivity contribution is -0.604. The summed E-state index contributed by atoms with van der Waals surface area (Å²) >= 11 is 5.97. The quantitative estimate of drug-likeness (QED) is 0.413. The number of rotatable bonds is 6. The molecule has 0 saturated carbocycles. The standard InChI is InChI=1S/C20H24ClFN2O3/c1-5-8-23(19(25)27-20(2,3)4)13-17(22)10-15-12-24(26)11-14-9-16(21)6-7-18(14)15/h5-7,9,11-12,17H,1,8,10,13H2,2-4H3. The predicted octanol–water partition coefficient (Wildman–Crippen LogP) is 4.43. The third kappa shape index (κ3) is 6.10. The molecule has 1 aromatic carbocycles. The van der Waals surface area contributed by atoms with Crippen molar-refractivity contribution in [3.63, 3.8) is 0 Å². The summed E-state index contributed by atoms with van der Waals surface area (Å²) in [7, 11) is 0. The number of carbonyl (C=O) groups is 1. The van der Waals surface area contributed by atoms with E-state index < -0.39 is 17.9 Å². The lowest BCUT2D eigenvalue weighted by Crippen LogP contribution is -2.40. The highest BCUT2D eigenvalue weighted by Crippen LogP contribution is 2.23. The second kappa shape index (κ2) is 8.57. The predicted molar refractivity (Wildman–Crippen MR) is 105 cm³/mol. The summed E-state index contributed by atoms with van der Waals surface area (Å²) in [5.74, 6) is 0. The van der Waals surface area contributed by atoms with Gasteiger partial charge in [0, 0.05) is 28.9 Å². The Morgan fingerprint density at radius 1 is 1.44 bits per heavy atom. The monoisotopic (exact) mass is 394 g/mol. The summed E-state index contributed by atoms with van der Waals surface area (Å²) in [6, 6.07) is 5.11. The lowest BCUT2D eigenvalue weighted by Gasteiger charge is -2.27. The molecule has 7 heteroatoms. The molecule has 27 heavy (non-hydrogen) atoms. The van der Waals surface area contributed by atoms with E-state index >= 15 is 0 Å². The Bertz CT molecular complexity index is 831. The fourth-order valence-corrected chi connectivity index (χ4v) is 2.92. The minimum absolute atomic E-state index is 0.0162. The third-order valence-electron chi connectivity index (χ3n) is 3.77. The molecule has 1 amide bonds. The molecule has 5 nitrogen and oxygen atoms in total. The van der Waals surface area contributed by atoms with E-state index in [2.05, 4.69) is 6.58 Å². The molecule has 0 aliphatic rings. The Labute approximate surface area is 163 Å². The van der Waals surface area contributed by atoms with Crippen molar-refractivity contribution in [3.8, 4) is 0 Å². The number of ether oxygens (including phenoxy) is 1. The van der Waals surface area contributed by atoms with Crippen molar-refractivity contribution in [1.82, 2.24) is 4.90 Å². The van der Waals surface area contributed by atoms with Gasteiger partial charge < -0.3 is 14.8 Å². The van der Waals surface area contributed by atoms with E-state index in [9.17, 15) is 14.4 Å². The number of aromatic nitrogens is 1. The smallest absolute Gasteiger partial charge is 0.410 e. The van der Waals surface area contributed by atoms with Crippen molar-refractivity contribution in [1.29, 1.82) is 0 Å². The second-order valence-electron chi connectivity index (χ2n) is 7.35. The molecular weight excluding hydrogens is 371 g/mol. The Balaban J connectivity index is 2.18. The summed E-state index contributed by atoms with van der Waals surface area (Å²) in [5, 5.41) is 13.7. The van der Waals surface area contributed by atoms with Crippen LogP contribution in [-0.2, 0) is 11.2 Å². The van der Waals surface area contributed by atoms with Crippen molar-refractivity contribution in [2.24, 2.45) is 0 Å². The maximum absolute atomic E-state index is 14.8. The van der Waals surface area contributed by atoms with Crippen molar-refractivity contribution < 1.29 is 18.7 Å². The first-order valence-electron chi connectivity index (χ1n) is 8.63. The molecule has 1 aromatic heterocycles. The third-order valence-corrected chi connectivity index (χ3v) is 4.01. The zero-order valence-electron chi connectivity index (χ0n) is 15.7. The van der Waals surface area contributed by atoms with Crippen LogP contribution in [-0.4, -0.2) is 35.9 Å². The first-order chi connectivity index (χ1) is 12.6. The number of nitrogens with zero attached hydrogens (tertiary/aromatic N) is 2. The van der Waals surface area contributed by atoms with Crippen molar-refractivity contribution in [2.45, 2.75) is 39.0 Å². The SMILES string of the molecule is C=CCN(CC(F)Cc1c[n+]([O-])cc2cc(Cl)ccc12)C(=O)OC(C)(C)C. The molecular formula is C20H24ClFN2O3. The van der Waals surface area contributed by atoms with E-state index in [0.717, 1.165) is 5.39 Å². The maximum Gasteiger partial charge on any atom is 0.410 e. The Hall–Kier alpha value is -2.34. The van der Waals surface area contributed by atoms with Crippen molar-refractivity contribution in [3.05, 3.63) is 59.0 Å². The number of carbonyl (C=O) groups excluding carboxylic acids is 1. The maximum atomic E-state index is 14.8. The molecule has 1 atom stereocenters. The number of pyridine rings is 1. The minimum Gasteiger partial charge on any atom is -0.619 e. The van der Waals surface area contributed by atoms with E-state index in [1.54, 1.807) is 39.0 Å². The van der Waals surface area contributed by atoms with Gasteiger partial charge in [0.25, 0.3) is 0 Å². The molecule has 2 rings (SSSR count). The number of benzene rings is 1. The number of fused-ring (bicyclic) bond motifs is 1. The lowest BCUT2D eigenvalue weighted by atomic mass is 10.0. The van der Waals surface area contributed by atoms with E-state index in [-0.39, 0.29) is 19.5 Å². The van der Waals surface area contributed by atoms with Gasteiger partial charge in [0.1, 0.15) is 11.8 Å². The van der Waals surface area contributed by atoms with Crippen LogP contribution in [0.25, 0.3) is 10.8 Å². The fraction of sp³-hybridized carbons (Fsp3) is 0.400. The number of hydrogen-bond acceptors (Lipinski definition) is 3. The first kappa shape index (κ1) is 21.0. The van der Waals surface area contributed by atoms with Crippen molar-refractivity contribution in [2.75, 3.05) is 13.1 Å². The highest BCUT2D eigenvalue weighted by molar-refractivity contribution is 6.31. The van der Waals surface area contributed by atoms with E-state index in [1.165, 1.54) is 23.4 Å². The molecule has 146 valence electrons. The van der Waals surface area contributed by atoms with Gasteiger partial charge >= 0.3 is 6.09 Å². The van der Waals surface area contributed by atoms with Gasteiger partial charge in [-0.3, -0.25) is 0 Å². The topological polar surface area (TPSA) is 56.5 Å². The highest BCUT2D eigenvalue weighted by atomic mass is 35.5. The molecule has 0 spiro atoms. The van der Waals surface area contributed by atoms with Crippen LogP contribution in [0.5, 0.6) is 0 Å². The summed E-state index contributed by atoms with van der Waals surface area (Å²) in [6.45, 7) is 8.85. The van der Waals surface area contributed by atoms with Gasteiger partial charge in [-0.15, -0.1) is 6.58 Å².